The summed E-state index contributed by atoms with van der Waals surface area (Å²) in [4.78, 5) is 15.5. The van der Waals surface area contributed by atoms with Gasteiger partial charge in [0, 0.05) is 31.2 Å². The van der Waals surface area contributed by atoms with Crippen LogP contribution in [0.1, 0.15) is 47.6 Å². The number of hydrogen-bond donors (Lipinski definition) is 1. The topological polar surface area (TPSA) is 69.7 Å². The summed E-state index contributed by atoms with van der Waals surface area (Å²) in [6, 6.07) is 17.1. The second kappa shape index (κ2) is 10.0. The van der Waals surface area contributed by atoms with E-state index in [4.69, 9.17) is 0 Å². The molecule has 4 rings (SSSR count). The Morgan fingerprint density at radius 2 is 1.58 bits per heavy atom. The number of benzene rings is 2. The van der Waals surface area contributed by atoms with E-state index in [2.05, 4.69) is 34.5 Å². The molecule has 0 amide bonds. The molecule has 166 valence electrons. The molecule has 2 aliphatic heterocycles. The van der Waals surface area contributed by atoms with E-state index in [1.165, 1.54) is 28.8 Å². The average Bonchev–Trinajstić information content (AvgIpc) is 3.52. The first-order valence-corrected chi connectivity index (χ1v) is 12.6. The van der Waals surface area contributed by atoms with Gasteiger partial charge in [-0.1, -0.05) is 42.5 Å². The summed E-state index contributed by atoms with van der Waals surface area (Å²) in [5, 5.41) is 3.32. The van der Waals surface area contributed by atoms with Gasteiger partial charge in [0.1, 0.15) is 0 Å². The average molecular weight is 442 g/mol. The van der Waals surface area contributed by atoms with Crippen LogP contribution in [0, 0.1) is 0 Å². The van der Waals surface area contributed by atoms with Gasteiger partial charge in [0.2, 0.25) is 10.0 Å². The van der Waals surface area contributed by atoms with Crippen molar-refractivity contribution in [1.29, 1.82) is 0 Å². The van der Waals surface area contributed by atoms with Crippen molar-refractivity contribution in [2.45, 2.75) is 36.6 Å². The number of carbonyl (C=O) groups excluding carboxylic acids is 1. The fourth-order valence-electron chi connectivity index (χ4n) is 4.52. The van der Waals surface area contributed by atoms with Gasteiger partial charge in [0.05, 0.1) is 11.4 Å². The second-order valence-corrected chi connectivity index (χ2v) is 10.3. The lowest BCUT2D eigenvalue weighted by atomic mass is 10.1. The number of hydrogen-bond acceptors (Lipinski definition) is 5. The summed E-state index contributed by atoms with van der Waals surface area (Å²) in [6.07, 6.45) is 4.20. The molecule has 7 heteroatoms. The number of likely N-dealkylation sites (tertiary alicyclic amines) is 1. The van der Waals surface area contributed by atoms with E-state index >= 15 is 0 Å². The third kappa shape index (κ3) is 5.23. The largest absolute Gasteiger partial charge is 0.308 e. The second-order valence-electron chi connectivity index (χ2n) is 8.36. The lowest BCUT2D eigenvalue weighted by Crippen LogP contribution is -2.36. The van der Waals surface area contributed by atoms with Gasteiger partial charge in [-0.3, -0.25) is 9.69 Å². The smallest absolute Gasteiger partial charge is 0.243 e. The van der Waals surface area contributed by atoms with Crippen LogP contribution in [0.2, 0.25) is 0 Å². The van der Waals surface area contributed by atoms with Crippen LogP contribution < -0.4 is 5.32 Å². The van der Waals surface area contributed by atoms with Gasteiger partial charge in [-0.15, -0.1) is 0 Å². The molecule has 31 heavy (non-hydrogen) atoms. The Morgan fingerprint density at radius 1 is 0.903 bits per heavy atom. The molecular formula is C24H31N3O3S. The normalized spacial score (nSPS) is 19.0. The van der Waals surface area contributed by atoms with E-state index in [-0.39, 0.29) is 23.3 Å². The highest BCUT2D eigenvalue weighted by Crippen LogP contribution is 2.25. The molecule has 2 fully saturated rings. The molecule has 0 spiro atoms. The van der Waals surface area contributed by atoms with Gasteiger partial charge < -0.3 is 5.32 Å². The first-order valence-electron chi connectivity index (χ1n) is 11.2. The third-order valence-electron chi connectivity index (χ3n) is 6.25. The first-order chi connectivity index (χ1) is 15.1. The molecule has 0 saturated carbocycles. The molecule has 0 radical (unpaired) electrons. The number of nitrogens with zero attached hydrogens (tertiary/aromatic N) is 2. The van der Waals surface area contributed by atoms with E-state index in [1.807, 2.05) is 6.07 Å². The van der Waals surface area contributed by atoms with Crippen molar-refractivity contribution in [2.24, 2.45) is 0 Å². The number of nitrogens with one attached hydrogen (secondary N) is 1. The van der Waals surface area contributed by atoms with Crippen LogP contribution in [0.5, 0.6) is 0 Å². The van der Waals surface area contributed by atoms with E-state index in [0.717, 1.165) is 25.9 Å². The molecular weight excluding hydrogens is 410 g/mol. The molecule has 6 nitrogen and oxygen atoms in total. The zero-order chi connectivity index (χ0) is 21.7. The van der Waals surface area contributed by atoms with Gasteiger partial charge in [-0.25, -0.2) is 8.42 Å². The Bertz CT molecular complexity index is 982. The lowest BCUT2D eigenvalue weighted by molar-refractivity contribution is 0.0987. The zero-order valence-corrected chi connectivity index (χ0v) is 18.7. The molecule has 0 aromatic heterocycles. The zero-order valence-electron chi connectivity index (χ0n) is 17.9. The molecule has 2 heterocycles. The van der Waals surface area contributed by atoms with E-state index in [9.17, 15) is 13.2 Å². The number of rotatable bonds is 9. The predicted molar refractivity (Wildman–Crippen MR) is 122 cm³/mol. The van der Waals surface area contributed by atoms with Crippen molar-refractivity contribution < 1.29 is 13.2 Å². The minimum absolute atomic E-state index is 0.0910. The maximum absolute atomic E-state index is 12.8. The minimum atomic E-state index is -3.52. The van der Waals surface area contributed by atoms with Crippen LogP contribution in [-0.4, -0.2) is 62.7 Å². The van der Waals surface area contributed by atoms with Crippen LogP contribution in [0.25, 0.3) is 0 Å². The quantitative estimate of drug-likeness (QED) is 0.606. The minimum Gasteiger partial charge on any atom is -0.308 e. The Morgan fingerprint density at radius 3 is 2.29 bits per heavy atom. The summed E-state index contributed by atoms with van der Waals surface area (Å²) in [6.45, 7) is 4.13. The summed E-state index contributed by atoms with van der Waals surface area (Å²) in [7, 11) is -3.52. The van der Waals surface area contributed by atoms with Crippen molar-refractivity contribution in [3.8, 4) is 0 Å². The van der Waals surface area contributed by atoms with Crippen LogP contribution in [0.3, 0.4) is 0 Å². The fraction of sp³-hybridized carbons (Fsp3) is 0.458. The Balaban J connectivity index is 1.40. The van der Waals surface area contributed by atoms with Gasteiger partial charge in [-0.05, 0) is 56.5 Å². The van der Waals surface area contributed by atoms with Gasteiger partial charge >= 0.3 is 0 Å². The highest BCUT2D eigenvalue weighted by molar-refractivity contribution is 7.89. The van der Waals surface area contributed by atoms with Crippen molar-refractivity contribution in [2.75, 3.05) is 39.3 Å². The van der Waals surface area contributed by atoms with Crippen LogP contribution in [0.15, 0.2) is 59.5 Å². The van der Waals surface area contributed by atoms with Gasteiger partial charge in [0.25, 0.3) is 0 Å². The fourth-order valence-corrected chi connectivity index (χ4v) is 6.08. The summed E-state index contributed by atoms with van der Waals surface area (Å²) >= 11 is 0. The standard InChI is InChI=1S/C24H31N3O3S/c28-24(21-11-8-12-22(17-21)31(29,30)27-15-6-7-16-27)19-25-18-23(26-13-4-5-14-26)20-9-2-1-3-10-20/h1-3,8-12,17,23,25H,4-7,13-16,18-19H2. The van der Waals surface area contributed by atoms with Crippen LogP contribution >= 0.6 is 0 Å². The van der Waals surface area contributed by atoms with Crippen molar-refractivity contribution in [3.63, 3.8) is 0 Å². The van der Waals surface area contributed by atoms with Crippen LogP contribution in [-0.2, 0) is 10.0 Å². The summed E-state index contributed by atoms with van der Waals surface area (Å²) < 4.78 is 27.1. The maximum atomic E-state index is 12.8. The van der Waals surface area contributed by atoms with Crippen molar-refractivity contribution in [1.82, 2.24) is 14.5 Å². The summed E-state index contributed by atoms with van der Waals surface area (Å²) in [5.74, 6) is -0.0910. The van der Waals surface area contributed by atoms with E-state index in [0.29, 0.717) is 25.2 Å². The van der Waals surface area contributed by atoms with E-state index < -0.39 is 10.0 Å². The first kappa shape index (κ1) is 22.1. The highest BCUT2D eigenvalue weighted by atomic mass is 32.2. The molecule has 1 atom stereocenters. The Hall–Kier alpha value is -2.06. The number of Topliss-reactive ketones (excluding diaryl/α,β-unsaturated/α-hetero) is 1. The number of sulfonamides is 1. The summed E-state index contributed by atoms with van der Waals surface area (Å²) in [5.41, 5.74) is 1.69. The lowest BCUT2D eigenvalue weighted by Gasteiger charge is -2.28. The Labute approximate surface area is 185 Å². The molecule has 2 aromatic carbocycles. The van der Waals surface area contributed by atoms with Gasteiger partial charge in [0.15, 0.2) is 5.78 Å². The highest BCUT2D eigenvalue weighted by Gasteiger charge is 2.28. The molecule has 2 saturated heterocycles. The molecule has 1 N–H and O–H groups in total. The molecule has 0 aliphatic carbocycles. The molecule has 1 unspecified atom stereocenters. The SMILES string of the molecule is O=C(CNCC(c1ccccc1)N1CCCC1)c1cccc(S(=O)(=O)N2CCCC2)c1. The maximum Gasteiger partial charge on any atom is 0.243 e. The number of carbonyl (C=O) groups is 1. The monoisotopic (exact) mass is 441 g/mol. The van der Waals surface area contributed by atoms with Crippen molar-refractivity contribution in [3.05, 3.63) is 65.7 Å². The van der Waals surface area contributed by atoms with Gasteiger partial charge in [-0.2, -0.15) is 4.31 Å². The van der Waals surface area contributed by atoms with Crippen molar-refractivity contribution >= 4 is 15.8 Å². The molecule has 2 aromatic rings. The molecule has 0 bridgehead atoms. The third-order valence-corrected chi connectivity index (χ3v) is 8.14. The predicted octanol–water partition coefficient (Wildman–Crippen LogP) is 3.08. The number of ketones is 1. The van der Waals surface area contributed by atoms with Crippen LogP contribution in [0.4, 0.5) is 0 Å². The Kier molecular flexibility index (Phi) is 7.17. The van der Waals surface area contributed by atoms with E-state index in [1.54, 1.807) is 18.2 Å². The molecule has 2 aliphatic rings.